The lowest BCUT2D eigenvalue weighted by molar-refractivity contribution is -0.159. The van der Waals surface area contributed by atoms with Crippen molar-refractivity contribution in [3.8, 4) is 0 Å². The molecule has 3 heterocycles. The van der Waals surface area contributed by atoms with Gasteiger partial charge < -0.3 is 14.7 Å². The van der Waals surface area contributed by atoms with Crippen molar-refractivity contribution in [1.29, 1.82) is 0 Å². The monoisotopic (exact) mass is 347 g/mol. The first kappa shape index (κ1) is 17.4. The number of amides is 3. The highest BCUT2D eigenvalue weighted by atomic mass is 16.2. The zero-order valence-corrected chi connectivity index (χ0v) is 15.2. The number of likely N-dealkylation sites (N-methyl/N-ethyl adjacent to an activating group) is 1. The highest BCUT2D eigenvalue weighted by Gasteiger charge is 2.45. The maximum atomic E-state index is 13.1. The molecule has 136 valence electrons. The number of hydrogen-bond acceptors (Lipinski definition) is 4. The van der Waals surface area contributed by atoms with Crippen LogP contribution in [0, 0.1) is 5.92 Å². The Bertz CT molecular complexity index is 711. The van der Waals surface area contributed by atoms with Crippen molar-refractivity contribution in [3.63, 3.8) is 0 Å². The van der Waals surface area contributed by atoms with Gasteiger partial charge in [0.2, 0.25) is 17.7 Å². The summed E-state index contributed by atoms with van der Waals surface area (Å²) in [6, 6.07) is 0. The van der Waals surface area contributed by atoms with Crippen LogP contribution in [0.4, 0.5) is 5.69 Å². The Balaban J connectivity index is 1.78. The van der Waals surface area contributed by atoms with E-state index in [1.807, 2.05) is 0 Å². The number of aryl methyl sites for hydroxylation is 1. The molecule has 25 heavy (non-hydrogen) atoms. The summed E-state index contributed by atoms with van der Waals surface area (Å²) < 4.78 is 1.64. The average Bonchev–Trinajstić information content (AvgIpc) is 2.99. The third-order valence-electron chi connectivity index (χ3n) is 5.23. The van der Waals surface area contributed by atoms with Gasteiger partial charge in [-0.1, -0.05) is 0 Å². The van der Waals surface area contributed by atoms with Crippen molar-refractivity contribution >= 4 is 23.4 Å². The van der Waals surface area contributed by atoms with E-state index in [1.54, 1.807) is 59.7 Å². The second kappa shape index (κ2) is 6.16. The third-order valence-corrected chi connectivity index (χ3v) is 5.23. The summed E-state index contributed by atoms with van der Waals surface area (Å²) in [4.78, 5) is 42.8. The number of hydrogen-bond donors (Lipinski definition) is 0. The quantitative estimate of drug-likeness (QED) is 0.768. The standard InChI is InChI=1S/C17H25N5O3/c1-17(2)16(25)19(3)7-8-22(17)15(24)12-5-6-14(23)21(10-12)13-9-18-20(4)11-13/h9,11-12H,5-8,10H2,1-4H3. The fraction of sp³-hybridized carbons (Fsp3) is 0.647. The van der Waals surface area contributed by atoms with Crippen molar-refractivity contribution in [3.05, 3.63) is 12.4 Å². The molecule has 1 unspecified atom stereocenters. The Hall–Kier alpha value is -2.38. The van der Waals surface area contributed by atoms with Gasteiger partial charge in [0.1, 0.15) is 5.54 Å². The normalized spacial score (nSPS) is 24.0. The van der Waals surface area contributed by atoms with Gasteiger partial charge in [0.25, 0.3) is 0 Å². The average molecular weight is 347 g/mol. The molecule has 2 aliphatic heterocycles. The number of aromatic nitrogens is 2. The second-order valence-electron chi connectivity index (χ2n) is 7.39. The summed E-state index contributed by atoms with van der Waals surface area (Å²) in [7, 11) is 3.55. The molecule has 0 spiro atoms. The Morgan fingerprint density at radius 1 is 1.24 bits per heavy atom. The largest absolute Gasteiger partial charge is 0.342 e. The molecule has 1 atom stereocenters. The van der Waals surface area contributed by atoms with Gasteiger partial charge in [-0.2, -0.15) is 5.10 Å². The molecule has 2 fully saturated rings. The molecule has 2 saturated heterocycles. The molecule has 3 rings (SSSR count). The molecule has 0 aromatic carbocycles. The second-order valence-corrected chi connectivity index (χ2v) is 7.39. The molecule has 0 saturated carbocycles. The van der Waals surface area contributed by atoms with Gasteiger partial charge in [-0.3, -0.25) is 19.1 Å². The third kappa shape index (κ3) is 3.01. The minimum Gasteiger partial charge on any atom is -0.342 e. The summed E-state index contributed by atoms with van der Waals surface area (Å²) in [5, 5.41) is 4.10. The number of piperazine rings is 1. The molecular weight excluding hydrogens is 322 g/mol. The van der Waals surface area contributed by atoms with Gasteiger partial charge in [0, 0.05) is 46.3 Å². The fourth-order valence-corrected chi connectivity index (χ4v) is 3.66. The number of piperidine rings is 1. The highest BCUT2D eigenvalue weighted by Crippen LogP contribution is 2.29. The topological polar surface area (TPSA) is 78.8 Å². The highest BCUT2D eigenvalue weighted by molar-refractivity contribution is 5.97. The summed E-state index contributed by atoms with van der Waals surface area (Å²) in [6.07, 6.45) is 4.25. The Morgan fingerprint density at radius 3 is 2.60 bits per heavy atom. The van der Waals surface area contributed by atoms with Gasteiger partial charge in [-0.25, -0.2) is 0 Å². The van der Waals surface area contributed by atoms with Crippen LogP contribution < -0.4 is 4.90 Å². The van der Waals surface area contributed by atoms with Crippen LogP contribution >= 0.6 is 0 Å². The van der Waals surface area contributed by atoms with E-state index in [9.17, 15) is 14.4 Å². The molecule has 0 N–H and O–H groups in total. The first-order valence-corrected chi connectivity index (χ1v) is 8.58. The van der Waals surface area contributed by atoms with Crippen molar-refractivity contribution in [2.45, 2.75) is 32.2 Å². The van der Waals surface area contributed by atoms with Crippen molar-refractivity contribution in [2.75, 3.05) is 31.6 Å². The first-order valence-electron chi connectivity index (χ1n) is 8.58. The van der Waals surface area contributed by atoms with Gasteiger partial charge in [-0.15, -0.1) is 0 Å². The van der Waals surface area contributed by atoms with E-state index in [-0.39, 0.29) is 23.6 Å². The fourth-order valence-electron chi connectivity index (χ4n) is 3.66. The van der Waals surface area contributed by atoms with E-state index >= 15 is 0 Å². The van der Waals surface area contributed by atoms with Gasteiger partial charge in [0.05, 0.1) is 17.8 Å². The number of rotatable bonds is 2. The number of nitrogens with zero attached hydrogens (tertiary/aromatic N) is 5. The van der Waals surface area contributed by atoms with Crippen LogP contribution in [0.1, 0.15) is 26.7 Å². The summed E-state index contributed by atoms with van der Waals surface area (Å²) in [5.41, 5.74) is -0.149. The maximum Gasteiger partial charge on any atom is 0.247 e. The van der Waals surface area contributed by atoms with Crippen LogP contribution in [-0.2, 0) is 21.4 Å². The molecule has 0 aliphatic carbocycles. The Morgan fingerprint density at radius 2 is 1.96 bits per heavy atom. The molecule has 0 bridgehead atoms. The molecular formula is C17H25N5O3. The zero-order chi connectivity index (χ0) is 18.4. The van der Waals surface area contributed by atoms with Crippen LogP contribution in [0.3, 0.4) is 0 Å². The summed E-state index contributed by atoms with van der Waals surface area (Å²) >= 11 is 0. The Labute approximate surface area is 147 Å². The number of carbonyl (C=O) groups excluding carboxylic acids is 3. The van der Waals surface area contributed by atoms with Gasteiger partial charge in [-0.05, 0) is 20.3 Å². The van der Waals surface area contributed by atoms with Gasteiger partial charge >= 0.3 is 0 Å². The zero-order valence-electron chi connectivity index (χ0n) is 15.2. The summed E-state index contributed by atoms with van der Waals surface area (Å²) in [6.45, 7) is 4.96. The lowest BCUT2D eigenvalue weighted by Crippen LogP contribution is -2.65. The van der Waals surface area contributed by atoms with Crippen molar-refractivity contribution in [1.82, 2.24) is 19.6 Å². The van der Waals surface area contributed by atoms with Gasteiger partial charge in [0.15, 0.2) is 0 Å². The number of carbonyl (C=O) groups is 3. The van der Waals surface area contributed by atoms with Crippen LogP contribution in [0.25, 0.3) is 0 Å². The smallest absolute Gasteiger partial charge is 0.247 e. The lowest BCUT2D eigenvalue weighted by Gasteiger charge is -2.46. The number of anilines is 1. The van der Waals surface area contributed by atoms with E-state index < -0.39 is 5.54 Å². The summed E-state index contributed by atoms with van der Waals surface area (Å²) in [5.74, 6) is -0.393. The molecule has 8 heteroatoms. The van der Waals surface area contributed by atoms with Crippen LogP contribution in [0.5, 0.6) is 0 Å². The SMILES string of the molecule is CN1CCN(C(=O)C2CCC(=O)N(c3cnn(C)c3)C2)C(C)(C)C1=O. The van der Waals surface area contributed by atoms with Crippen LogP contribution in [0.2, 0.25) is 0 Å². The molecule has 0 radical (unpaired) electrons. The van der Waals surface area contributed by atoms with E-state index in [0.29, 0.717) is 38.2 Å². The molecule has 8 nitrogen and oxygen atoms in total. The molecule has 3 amide bonds. The van der Waals surface area contributed by atoms with E-state index in [4.69, 9.17) is 0 Å². The molecule has 2 aliphatic rings. The van der Waals surface area contributed by atoms with Crippen LogP contribution in [-0.4, -0.2) is 69.5 Å². The van der Waals surface area contributed by atoms with Crippen molar-refractivity contribution < 1.29 is 14.4 Å². The minimum atomic E-state index is -0.856. The predicted octanol–water partition coefficient (Wildman–Crippen LogP) is 0.242. The minimum absolute atomic E-state index is 0.00534. The molecule has 1 aromatic rings. The van der Waals surface area contributed by atoms with Crippen LogP contribution in [0.15, 0.2) is 12.4 Å². The van der Waals surface area contributed by atoms with E-state index in [2.05, 4.69) is 5.10 Å². The molecule has 1 aromatic heterocycles. The van der Waals surface area contributed by atoms with E-state index in [1.165, 1.54) is 0 Å². The Kier molecular flexibility index (Phi) is 4.30. The predicted molar refractivity (Wildman–Crippen MR) is 91.7 cm³/mol. The van der Waals surface area contributed by atoms with Crippen molar-refractivity contribution in [2.24, 2.45) is 13.0 Å². The lowest BCUT2D eigenvalue weighted by atomic mass is 9.91. The van der Waals surface area contributed by atoms with E-state index in [0.717, 1.165) is 0 Å². The first-order chi connectivity index (χ1) is 11.7. The maximum absolute atomic E-state index is 13.1.